The van der Waals surface area contributed by atoms with Crippen molar-refractivity contribution in [1.29, 1.82) is 0 Å². The smallest absolute Gasteiger partial charge is 0.205 e. The van der Waals surface area contributed by atoms with Crippen LogP contribution < -0.4 is 15.1 Å². The molecule has 0 unspecified atom stereocenters. The molecule has 0 bridgehead atoms. The molecule has 6 heteroatoms. The number of nitrogens with one attached hydrogen (secondary N) is 1. The monoisotopic (exact) mass is 370 g/mol. The standard InChI is InChI=1S/C18H26N4.2ClH/c1-2-7-15(8-3-1)19-12-14-22-17-10-5-4-9-16(17)21-13-6-11-20-18(21)22;;/h4-5,9-10,15,19H,1-3,6-8,11-14H2;2*1H. The second-order valence-corrected chi connectivity index (χ2v) is 6.62. The van der Waals surface area contributed by atoms with Gasteiger partial charge < -0.3 is 15.1 Å². The number of benzene rings is 1. The zero-order valence-electron chi connectivity index (χ0n) is 14.1. The molecule has 2 aliphatic heterocycles. The van der Waals surface area contributed by atoms with Gasteiger partial charge in [-0.1, -0.05) is 31.4 Å². The first-order valence-electron chi connectivity index (χ1n) is 8.85. The van der Waals surface area contributed by atoms with Crippen molar-refractivity contribution in [3.05, 3.63) is 24.3 Å². The summed E-state index contributed by atoms with van der Waals surface area (Å²) in [5.41, 5.74) is 2.66. The zero-order chi connectivity index (χ0) is 14.8. The lowest BCUT2D eigenvalue weighted by atomic mass is 9.95. The predicted octanol–water partition coefficient (Wildman–Crippen LogP) is 3.84. The Morgan fingerprint density at radius 1 is 1.00 bits per heavy atom. The largest absolute Gasteiger partial charge is 0.312 e. The van der Waals surface area contributed by atoms with Crippen molar-refractivity contribution >= 4 is 42.1 Å². The second kappa shape index (κ2) is 8.93. The SMILES string of the molecule is Cl.Cl.c1ccc2c(c1)N1CCCN=C1N2CCNC1CCCCC1. The van der Waals surface area contributed by atoms with Crippen LogP contribution in [-0.4, -0.2) is 38.2 Å². The molecule has 1 saturated carbocycles. The minimum absolute atomic E-state index is 0. The Morgan fingerprint density at radius 2 is 1.75 bits per heavy atom. The molecule has 1 N–H and O–H groups in total. The Kier molecular flexibility index (Phi) is 7.20. The molecule has 24 heavy (non-hydrogen) atoms. The molecule has 2 heterocycles. The summed E-state index contributed by atoms with van der Waals surface area (Å²) < 4.78 is 0. The average Bonchev–Trinajstić information content (AvgIpc) is 2.91. The van der Waals surface area contributed by atoms with Crippen LogP contribution in [0.1, 0.15) is 38.5 Å². The molecule has 4 rings (SSSR count). The molecule has 134 valence electrons. The van der Waals surface area contributed by atoms with Crippen molar-refractivity contribution in [2.24, 2.45) is 4.99 Å². The normalized spacial score (nSPS) is 19.8. The Hall–Kier alpha value is -0.970. The highest BCUT2D eigenvalue weighted by Crippen LogP contribution is 2.37. The number of rotatable bonds is 4. The molecule has 4 nitrogen and oxygen atoms in total. The number of nitrogens with zero attached hydrogens (tertiary/aromatic N) is 3. The van der Waals surface area contributed by atoms with E-state index in [4.69, 9.17) is 4.99 Å². The summed E-state index contributed by atoms with van der Waals surface area (Å²) in [6.07, 6.45) is 8.07. The fourth-order valence-corrected chi connectivity index (χ4v) is 3.99. The van der Waals surface area contributed by atoms with E-state index >= 15 is 0 Å². The van der Waals surface area contributed by atoms with Crippen LogP contribution >= 0.6 is 24.8 Å². The molecule has 0 spiro atoms. The van der Waals surface area contributed by atoms with Gasteiger partial charge in [0.25, 0.3) is 0 Å². The highest BCUT2D eigenvalue weighted by atomic mass is 35.5. The number of hydrogen-bond acceptors (Lipinski definition) is 4. The van der Waals surface area contributed by atoms with Crippen LogP contribution in [-0.2, 0) is 0 Å². The van der Waals surface area contributed by atoms with E-state index in [0.29, 0.717) is 0 Å². The van der Waals surface area contributed by atoms with Crippen LogP contribution in [0.25, 0.3) is 0 Å². The van der Waals surface area contributed by atoms with Crippen molar-refractivity contribution in [1.82, 2.24) is 5.32 Å². The minimum Gasteiger partial charge on any atom is -0.312 e. The third-order valence-corrected chi connectivity index (χ3v) is 5.11. The molecule has 0 amide bonds. The third-order valence-electron chi connectivity index (χ3n) is 5.11. The van der Waals surface area contributed by atoms with Crippen LogP contribution in [0.3, 0.4) is 0 Å². The quantitative estimate of drug-likeness (QED) is 0.873. The molecular formula is C18H28Cl2N4. The van der Waals surface area contributed by atoms with Crippen molar-refractivity contribution in [2.75, 3.05) is 36.0 Å². The lowest BCUT2D eigenvalue weighted by Crippen LogP contribution is -2.45. The Bertz CT molecular complexity index is 558. The number of hydrogen-bond donors (Lipinski definition) is 1. The molecule has 1 fully saturated rings. The minimum atomic E-state index is 0. The average molecular weight is 371 g/mol. The maximum atomic E-state index is 4.79. The van der Waals surface area contributed by atoms with Crippen molar-refractivity contribution < 1.29 is 0 Å². The molecule has 1 aromatic carbocycles. The number of halogens is 2. The molecule has 1 aromatic rings. The van der Waals surface area contributed by atoms with Gasteiger partial charge in [0.1, 0.15) is 0 Å². The van der Waals surface area contributed by atoms with Gasteiger partial charge in [-0.25, -0.2) is 0 Å². The van der Waals surface area contributed by atoms with Crippen LogP contribution in [0.5, 0.6) is 0 Å². The van der Waals surface area contributed by atoms with Gasteiger partial charge in [0.15, 0.2) is 0 Å². The van der Waals surface area contributed by atoms with Gasteiger partial charge in [-0.2, -0.15) is 0 Å². The molecule has 0 saturated heterocycles. The van der Waals surface area contributed by atoms with Crippen LogP contribution in [0, 0.1) is 0 Å². The van der Waals surface area contributed by atoms with E-state index in [1.54, 1.807) is 0 Å². The second-order valence-electron chi connectivity index (χ2n) is 6.62. The Balaban J connectivity index is 0.00000104. The number of aliphatic imine (C=N–C) groups is 1. The molecule has 0 radical (unpaired) electrons. The van der Waals surface area contributed by atoms with Crippen molar-refractivity contribution in [3.8, 4) is 0 Å². The summed E-state index contributed by atoms with van der Waals surface area (Å²) in [4.78, 5) is 9.59. The fourth-order valence-electron chi connectivity index (χ4n) is 3.99. The van der Waals surface area contributed by atoms with Gasteiger partial charge in [0.2, 0.25) is 5.96 Å². The van der Waals surface area contributed by atoms with E-state index in [1.807, 2.05) is 0 Å². The zero-order valence-corrected chi connectivity index (χ0v) is 15.7. The van der Waals surface area contributed by atoms with E-state index in [2.05, 4.69) is 39.4 Å². The van der Waals surface area contributed by atoms with Gasteiger partial charge in [-0.05, 0) is 31.4 Å². The van der Waals surface area contributed by atoms with E-state index in [-0.39, 0.29) is 24.8 Å². The maximum Gasteiger partial charge on any atom is 0.205 e. The Labute approximate surface area is 157 Å². The van der Waals surface area contributed by atoms with Crippen LogP contribution in [0.2, 0.25) is 0 Å². The lowest BCUT2D eigenvalue weighted by molar-refractivity contribution is 0.377. The topological polar surface area (TPSA) is 30.9 Å². The Morgan fingerprint density at radius 3 is 2.54 bits per heavy atom. The van der Waals surface area contributed by atoms with E-state index < -0.39 is 0 Å². The maximum absolute atomic E-state index is 4.79. The first-order valence-corrected chi connectivity index (χ1v) is 8.85. The number of para-hydroxylation sites is 2. The number of guanidine groups is 1. The summed E-state index contributed by atoms with van der Waals surface area (Å²) in [6, 6.07) is 9.46. The van der Waals surface area contributed by atoms with Gasteiger partial charge in [0.05, 0.1) is 11.4 Å². The molecule has 3 aliphatic rings. The summed E-state index contributed by atoms with van der Waals surface area (Å²) >= 11 is 0. The van der Waals surface area contributed by atoms with E-state index in [0.717, 1.165) is 44.6 Å². The molecule has 0 atom stereocenters. The number of anilines is 2. The van der Waals surface area contributed by atoms with Crippen molar-refractivity contribution in [3.63, 3.8) is 0 Å². The van der Waals surface area contributed by atoms with E-state index in [1.165, 1.54) is 43.5 Å². The summed E-state index contributed by atoms with van der Waals surface area (Å²) in [6.45, 7) is 4.13. The fraction of sp³-hybridized carbons (Fsp3) is 0.611. The summed E-state index contributed by atoms with van der Waals surface area (Å²) in [5.74, 6) is 1.16. The highest BCUT2D eigenvalue weighted by molar-refractivity contribution is 6.16. The van der Waals surface area contributed by atoms with Crippen LogP contribution in [0.4, 0.5) is 11.4 Å². The van der Waals surface area contributed by atoms with Crippen molar-refractivity contribution in [2.45, 2.75) is 44.6 Å². The van der Waals surface area contributed by atoms with Crippen LogP contribution in [0.15, 0.2) is 29.3 Å². The van der Waals surface area contributed by atoms with E-state index in [9.17, 15) is 0 Å². The summed E-state index contributed by atoms with van der Waals surface area (Å²) in [5, 5.41) is 3.76. The van der Waals surface area contributed by atoms with Gasteiger partial charge in [-0.15, -0.1) is 24.8 Å². The molecular weight excluding hydrogens is 343 g/mol. The summed E-state index contributed by atoms with van der Waals surface area (Å²) in [7, 11) is 0. The predicted molar refractivity (Wildman–Crippen MR) is 107 cm³/mol. The van der Waals surface area contributed by atoms with Gasteiger partial charge in [-0.3, -0.25) is 4.99 Å². The first-order chi connectivity index (χ1) is 10.9. The van der Waals surface area contributed by atoms with Gasteiger partial charge >= 0.3 is 0 Å². The molecule has 0 aromatic heterocycles. The highest BCUT2D eigenvalue weighted by Gasteiger charge is 2.33. The molecule has 1 aliphatic carbocycles. The van der Waals surface area contributed by atoms with Gasteiger partial charge in [0, 0.05) is 32.2 Å². The first kappa shape index (κ1) is 19.4. The third kappa shape index (κ3) is 3.81. The number of fused-ring (bicyclic) bond motifs is 3. The lowest BCUT2D eigenvalue weighted by Gasteiger charge is -2.28.